The van der Waals surface area contributed by atoms with Crippen molar-refractivity contribution in [1.29, 1.82) is 0 Å². The lowest BCUT2D eigenvalue weighted by atomic mass is 10.1. The van der Waals surface area contributed by atoms with Crippen molar-refractivity contribution in [3.63, 3.8) is 0 Å². The fourth-order valence-electron chi connectivity index (χ4n) is 1.95. The highest BCUT2D eigenvalue weighted by Gasteiger charge is 2.09. The molecule has 0 fully saturated rings. The molecule has 0 amide bonds. The zero-order chi connectivity index (χ0) is 14.8. The van der Waals surface area contributed by atoms with Crippen LogP contribution in [0.2, 0.25) is 0 Å². The summed E-state index contributed by atoms with van der Waals surface area (Å²) in [5, 5.41) is 18.9. The average Bonchev–Trinajstić information content (AvgIpc) is 2.23. The zero-order valence-electron chi connectivity index (χ0n) is 13.2. The van der Waals surface area contributed by atoms with Crippen LogP contribution in [0.25, 0.3) is 0 Å². The normalized spacial score (nSPS) is 15.5. The number of nitrogens with zero attached hydrogens (tertiary/aromatic N) is 1. The number of aliphatic hydroxyl groups is 2. The van der Waals surface area contributed by atoms with E-state index in [1.54, 1.807) is 13.8 Å². The minimum absolute atomic E-state index is 0.363. The highest BCUT2D eigenvalue weighted by Crippen LogP contribution is 2.07. The molecule has 0 heterocycles. The molecular formula is C16H31NO2. The maximum absolute atomic E-state index is 9.45. The van der Waals surface area contributed by atoms with E-state index in [0.29, 0.717) is 13.1 Å². The van der Waals surface area contributed by atoms with E-state index in [-0.39, 0.29) is 12.2 Å². The summed E-state index contributed by atoms with van der Waals surface area (Å²) in [4.78, 5) is 2.08. The zero-order valence-corrected chi connectivity index (χ0v) is 13.2. The fraction of sp³-hybridized carbons (Fsp3) is 0.750. The van der Waals surface area contributed by atoms with Gasteiger partial charge in [0.15, 0.2) is 0 Å². The number of allylic oxidation sites excluding steroid dienone is 3. The van der Waals surface area contributed by atoms with E-state index in [0.717, 1.165) is 19.4 Å². The molecule has 0 aromatic heterocycles. The Morgan fingerprint density at radius 3 is 1.95 bits per heavy atom. The van der Waals surface area contributed by atoms with Crippen LogP contribution in [0.5, 0.6) is 0 Å². The molecule has 112 valence electrons. The van der Waals surface area contributed by atoms with Crippen LogP contribution in [-0.2, 0) is 0 Å². The standard InChI is InChI=1S/C16H31NO2/c1-13(2)7-6-8-14(3)9-10-17(11-15(4)18)12-16(5)19/h7,9,15-16,18-19H,6,8,10-12H2,1-5H3. The van der Waals surface area contributed by atoms with Crippen LogP contribution in [0.15, 0.2) is 23.3 Å². The first-order valence-electron chi connectivity index (χ1n) is 7.18. The second-order valence-corrected chi connectivity index (χ2v) is 5.79. The van der Waals surface area contributed by atoms with Crippen molar-refractivity contribution in [2.45, 2.75) is 59.7 Å². The van der Waals surface area contributed by atoms with Gasteiger partial charge in [-0.15, -0.1) is 0 Å². The summed E-state index contributed by atoms with van der Waals surface area (Å²) in [5.41, 5.74) is 2.72. The van der Waals surface area contributed by atoms with Gasteiger partial charge in [-0.05, 0) is 47.5 Å². The van der Waals surface area contributed by atoms with Gasteiger partial charge >= 0.3 is 0 Å². The largest absolute Gasteiger partial charge is 0.392 e. The maximum Gasteiger partial charge on any atom is 0.0639 e. The molecule has 0 rings (SSSR count). The van der Waals surface area contributed by atoms with Gasteiger partial charge in [-0.2, -0.15) is 0 Å². The third-order valence-electron chi connectivity index (χ3n) is 2.83. The molecule has 0 aliphatic carbocycles. The van der Waals surface area contributed by atoms with E-state index in [9.17, 15) is 10.2 Å². The molecule has 0 saturated heterocycles. The molecule has 0 aromatic carbocycles. The Labute approximate surface area is 118 Å². The lowest BCUT2D eigenvalue weighted by Gasteiger charge is -2.23. The molecule has 2 N–H and O–H groups in total. The number of rotatable bonds is 9. The van der Waals surface area contributed by atoms with Crippen LogP contribution in [-0.4, -0.2) is 47.0 Å². The van der Waals surface area contributed by atoms with Gasteiger partial charge in [-0.3, -0.25) is 4.90 Å². The monoisotopic (exact) mass is 269 g/mol. The van der Waals surface area contributed by atoms with E-state index in [1.165, 1.54) is 11.1 Å². The van der Waals surface area contributed by atoms with Crippen molar-refractivity contribution < 1.29 is 10.2 Å². The molecule has 3 heteroatoms. The Hall–Kier alpha value is -0.640. The Bertz CT molecular complexity index is 279. The first-order chi connectivity index (χ1) is 8.81. The topological polar surface area (TPSA) is 43.7 Å². The van der Waals surface area contributed by atoms with E-state index in [1.807, 2.05) is 0 Å². The third kappa shape index (κ3) is 12.2. The molecule has 0 spiro atoms. The van der Waals surface area contributed by atoms with Crippen molar-refractivity contribution in [2.75, 3.05) is 19.6 Å². The molecule has 0 bridgehead atoms. The van der Waals surface area contributed by atoms with Gasteiger partial charge in [-0.25, -0.2) is 0 Å². The molecule has 2 unspecified atom stereocenters. The van der Waals surface area contributed by atoms with Crippen molar-refractivity contribution in [3.8, 4) is 0 Å². The maximum atomic E-state index is 9.45. The Kier molecular flexibility index (Phi) is 9.84. The lowest BCUT2D eigenvalue weighted by molar-refractivity contribution is 0.0905. The summed E-state index contributed by atoms with van der Waals surface area (Å²) in [6, 6.07) is 0. The van der Waals surface area contributed by atoms with Gasteiger partial charge in [0.2, 0.25) is 0 Å². The molecular weight excluding hydrogens is 238 g/mol. The minimum atomic E-state index is -0.363. The Morgan fingerprint density at radius 1 is 1.00 bits per heavy atom. The van der Waals surface area contributed by atoms with Gasteiger partial charge in [-0.1, -0.05) is 23.3 Å². The third-order valence-corrected chi connectivity index (χ3v) is 2.83. The minimum Gasteiger partial charge on any atom is -0.392 e. The molecule has 0 aliphatic rings. The van der Waals surface area contributed by atoms with E-state index < -0.39 is 0 Å². The summed E-state index contributed by atoms with van der Waals surface area (Å²) >= 11 is 0. The predicted octanol–water partition coefficient (Wildman–Crippen LogP) is 2.74. The van der Waals surface area contributed by atoms with E-state index >= 15 is 0 Å². The highest BCUT2D eigenvalue weighted by atomic mass is 16.3. The summed E-state index contributed by atoms with van der Waals surface area (Å²) in [7, 11) is 0. The highest BCUT2D eigenvalue weighted by molar-refractivity contribution is 5.03. The number of hydrogen-bond acceptors (Lipinski definition) is 3. The summed E-state index contributed by atoms with van der Waals surface area (Å²) in [6.45, 7) is 11.9. The summed E-state index contributed by atoms with van der Waals surface area (Å²) < 4.78 is 0. The van der Waals surface area contributed by atoms with Crippen LogP contribution < -0.4 is 0 Å². The van der Waals surface area contributed by atoms with Crippen LogP contribution >= 0.6 is 0 Å². The number of hydrogen-bond donors (Lipinski definition) is 2. The molecule has 19 heavy (non-hydrogen) atoms. The van der Waals surface area contributed by atoms with Crippen LogP contribution in [0, 0.1) is 0 Å². The first-order valence-corrected chi connectivity index (χ1v) is 7.18. The van der Waals surface area contributed by atoms with Gasteiger partial charge in [0.1, 0.15) is 0 Å². The molecule has 0 aromatic rings. The van der Waals surface area contributed by atoms with Crippen molar-refractivity contribution >= 4 is 0 Å². The van der Waals surface area contributed by atoms with Crippen LogP contribution in [0.4, 0.5) is 0 Å². The van der Waals surface area contributed by atoms with Crippen molar-refractivity contribution in [1.82, 2.24) is 4.90 Å². The van der Waals surface area contributed by atoms with Gasteiger partial charge in [0.05, 0.1) is 12.2 Å². The molecule has 0 aliphatic heterocycles. The fourth-order valence-corrected chi connectivity index (χ4v) is 1.95. The van der Waals surface area contributed by atoms with E-state index in [2.05, 4.69) is 37.8 Å². The first kappa shape index (κ1) is 18.4. The molecule has 0 radical (unpaired) electrons. The smallest absolute Gasteiger partial charge is 0.0639 e. The van der Waals surface area contributed by atoms with Gasteiger partial charge in [0.25, 0.3) is 0 Å². The second-order valence-electron chi connectivity index (χ2n) is 5.79. The molecule has 0 saturated carbocycles. The van der Waals surface area contributed by atoms with Crippen molar-refractivity contribution in [2.24, 2.45) is 0 Å². The second kappa shape index (κ2) is 10.2. The van der Waals surface area contributed by atoms with Crippen molar-refractivity contribution in [3.05, 3.63) is 23.3 Å². The van der Waals surface area contributed by atoms with Crippen LogP contribution in [0.1, 0.15) is 47.5 Å². The Morgan fingerprint density at radius 2 is 1.53 bits per heavy atom. The Balaban J connectivity index is 4.22. The SMILES string of the molecule is CC(C)=CCCC(C)=CCN(CC(C)O)CC(C)O. The number of aliphatic hydroxyl groups excluding tert-OH is 2. The van der Waals surface area contributed by atoms with E-state index in [4.69, 9.17) is 0 Å². The molecule has 3 nitrogen and oxygen atoms in total. The quantitative estimate of drug-likeness (QED) is 0.633. The summed E-state index contributed by atoms with van der Waals surface area (Å²) in [6.07, 6.45) is 5.88. The lowest BCUT2D eigenvalue weighted by Crippen LogP contribution is -2.36. The summed E-state index contributed by atoms with van der Waals surface area (Å²) in [5.74, 6) is 0. The molecule has 2 atom stereocenters. The van der Waals surface area contributed by atoms with Crippen LogP contribution in [0.3, 0.4) is 0 Å². The van der Waals surface area contributed by atoms with Gasteiger partial charge < -0.3 is 10.2 Å². The predicted molar refractivity (Wildman–Crippen MR) is 82.2 cm³/mol. The van der Waals surface area contributed by atoms with Gasteiger partial charge in [0, 0.05) is 19.6 Å². The average molecular weight is 269 g/mol.